The second kappa shape index (κ2) is 7.36. The van der Waals surface area contributed by atoms with Gasteiger partial charge < -0.3 is 10.2 Å². The van der Waals surface area contributed by atoms with Gasteiger partial charge in [0.1, 0.15) is 0 Å². The Balaban J connectivity index is 2.14. The van der Waals surface area contributed by atoms with Crippen LogP contribution in [0.3, 0.4) is 0 Å². The van der Waals surface area contributed by atoms with Crippen LogP contribution in [0.1, 0.15) is 53.8 Å². The first-order valence-electron chi connectivity index (χ1n) is 7.82. The normalized spacial score (nSPS) is 17.7. The van der Waals surface area contributed by atoms with Crippen molar-refractivity contribution in [2.24, 2.45) is 0 Å². The highest BCUT2D eigenvalue weighted by Gasteiger charge is 2.26. The smallest absolute Gasteiger partial charge is 0.254 e. The molecule has 0 aromatic heterocycles. The van der Waals surface area contributed by atoms with Gasteiger partial charge in [-0.25, -0.2) is 0 Å². The molecule has 1 N–H and O–H groups in total. The van der Waals surface area contributed by atoms with E-state index >= 15 is 0 Å². The summed E-state index contributed by atoms with van der Waals surface area (Å²) in [5.41, 5.74) is 1.35. The third-order valence-electron chi connectivity index (χ3n) is 3.98. The van der Waals surface area contributed by atoms with Crippen LogP contribution < -0.4 is 5.32 Å². The minimum absolute atomic E-state index is 0.0704. The van der Waals surface area contributed by atoms with Crippen molar-refractivity contribution in [1.82, 2.24) is 10.2 Å². The summed E-state index contributed by atoms with van der Waals surface area (Å²) in [6.07, 6.45) is 2.45. The van der Waals surface area contributed by atoms with E-state index in [2.05, 4.69) is 12.2 Å². The molecule has 0 spiro atoms. The number of carbonyl (C=O) groups is 2. The van der Waals surface area contributed by atoms with Crippen LogP contribution in [0, 0.1) is 0 Å². The molecule has 0 bridgehead atoms. The zero-order chi connectivity index (χ0) is 15.2. The monoisotopic (exact) mass is 288 g/mol. The molecule has 1 aromatic rings. The Bertz CT molecular complexity index is 490. The maximum Gasteiger partial charge on any atom is 0.254 e. The van der Waals surface area contributed by atoms with Gasteiger partial charge in [0.25, 0.3) is 5.91 Å². The average Bonchev–Trinajstić information content (AvgIpc) is 3.05. The predicted molar refractivity (Wildman–Crippen MR) is 83.7 cm³/mol. The summed E-state index contributed by atoms with van der Waals surface area (Å²) >= 11 is 0. The third-order valence-corrected chi connectivity index (χ3v) is 3.98. The summed E-state index contributed by atoms with van der Waals surface area (Å²) < 4.78 is 0. The largest absolute Gasteiger partial charge is 0.334 e. The molecule has 114 valence electrons. The molecule has 4 heteroatoms. The van der Waals surface area contributed by atoms with Gasteiger partial charge >= 0.3 is 0 Å². The third kappa shape index (κ3) is 3.70. The average molecular weight is 288 g/mol. The molecular formula is C17H24N2O2. The van der Waals surface area contributed by atoms with Crippen molar-refractivity contribution in [1.29, 1.82) is 0 Å². The zero-order valence-corrected chi connectivity index (χ0v) is 12.9. The quantitative estimate of drug-likeness (QED) is 0.818. The van der Waals surface area contributed by atoms with Gasteiger partial charge in [0, 0.05) is 36.7 Å². The Kier molecular flexibility index (Phi) is 5.51. The van der Waals surface area contributed by atoms with E-state index < -0.39 is 0 Å². The number of carbonyl (C=O) groups excluding carboxylic acids is 2. The number of hydrogen-bond donors (Lipinski definition) is 1. The first kappa shape index (κ1) is 15.7. The van der Waals surface area contributed by atoms with E-state index in [1.165, 1.54) is 0 Å². The van der Waals surface area contributed by atoms with E-state index in [1.807, 2.05) is 11.8 Å². The molecule has 4 nitrogen and oxygen atoms in total. The zero-order valence-electron chi connectivity index (χ0n) is 12.9. The van der Waals surface area contributed by atoms with Gasteiger partial charge in [0.2, 0.25) is 0 Å². The van der Waals surface area contributed by atoms with Crippen LogP contribution in [-0.4, -0.2) is 42.3 Å². The fraction of sp³-hybridized carbons (Fsp3) is 0.529. The van der Waals surface area contributed by atoms with Crippen molar-refractivity contribution in [2.45, 2.75) is 39.2 Å². The Morgan fingerprint density at radius 1 is 1.19 bits per heavy atom. The highest BCUT2D eigenvalue weighted by Crippen LogP contribution is 2.15. The van der Waals surface area contributed by atoms with Gasteiger partial charge in [-0.05, 0) is 31.5 Å². The predicted octanol–water partition coefficient (Wildman–Crippen LogP) is 2.49. The Morgan fingerprint density at radius 3 is 2.38 bits per heavy atom. The lowest BCUT2D eigenvalue weighted by molar-refractivity contribution is 0.0692. The molecular weight excluding hydrogens is 264 g/mol. The summed E-state index contributed by atoms with van der Waals surface area (Å²) in [6.45, 7) is 6.56. The fourth-order valence-corrected chi connectivity index (χ4v) is 2.76. The molecule has 1 saturated heterocycles. The number of hydrogen-bond acceptors (Lipinski definition) is 3. The van der Waals surface area contributed by atoms with Gasteiger partial charge in [-0.3, -0.25) is 9.59 Å². The van der Waals surface area contributed by atoms with Crippen LogP contribution in [-0.2, 0) is 0 Å². The molecule has 1 aromatic carbocycles. The van der Waals surface area contributed by atoms with Crippen LogP contribution in [0.2, 0.25) is 0 Å². The van der Waals surface area contributed by atoms with Gasteiger partial charge in [-0.15, -0.1) is 0 Å². The van der Waals surface area contributed by atoms with E-state index in [0.717, 1.165) is 32.5 Å². The number of amides is 1. The van der Waals surface area contributed by atoms with Crippen molar-refractivity contribution in [2.75, 3.05) is 19.6 Å². The lowest BCUT2D eigenvalue weighted by Gasteiger charge is -2.28. The number of benzene rings is 1. The molecule has 1 aliphatic heterocycles. The lowest BCUT2D eigenvalue weighted by atomic mass is 10.1. The second-order valence-corrected chi connectivity index (χ2v) is 5.50. The molecule has 0 saturated carbocycles. The summed E-state index contributed by atoms with van der Waals surface area (Å²) in [5, 5.41) is 3.31. The van der Waals surface area contributed by atoms with Crippen LogP contribution in [0.5, 0.6) is 0 Å². The van der Waals surface area contributed by atoms with Crippen molar-refractivity contribution in [3.63, 3.8) is 0 Å². The van der Waals surface area contributed by atoms with Crippen LogP contribution in [0.15, 0.2) is 24.3 Å². The fourth-order valence-electron chi connectivity index (χ4n) is 2.76. The molecule has 0 radical (unpaired) electrons. The van der Waals surface area contributed by atoms with E-state index in [4.69, 9.17) is 0 Å². The first-order valence-corrected chi connectivity index (χ1v) is 7.82. The highest BCUT2D eigenvalue weighted by molar-refractivity contribution is 5.98. The molecule has 1 fully saturated rings. The molecule has 2 rings (SSSR count). The van der Waals surface area contributed by atoms with Crippen LogP contribution >= 0.6 is 0 Å². The minimum atomic E-state index is 0.0704. The second-order valence-electron chi connectivity index (χ2n) is 5.50. The van der Waals surface area contributed by atoms with E-state index in [-0.39, 0.29) is 17.7 Å². The van der Waals surface area contributed by atoms with Crippen molar-refractivity contribution >= 4 is 11.7 Å². The van der Waals surface area contributed by atoms with E-state index in [0.29, 0.717) is 17.5 Å². The first-order chi connectivity index (χ1) is 10.2. The van der Waals surface area contributed by atoms with Crippen molar-refractivity contribution < 1.29 is 9.59 Å². The molecule has 0 aliphatic carbocycles. The van der Waals surface area contributed by atoms with Gasteiger partial charge in [-0.2, -0.15) is 0 Å². The number of Topliss-reactive ketones (excluding diaryl/α,β-unsaturated/α-hetero) is 1. The molecule has 21 heavy (non-hydrogen) atoms. The standard InChI is InChI=1S/C17H24N2O2/c1-3-11-19(15-9-10-18-12-15)17(21)14-7-5-13(6-8-14)16(20)4-2/h5-8,15,18H,3-4,9-12H2,1-2H3. The Morgan fingerprint density at radius 2 is 1.86 bits per heavy atom. The van der Waals surface area contributed by atoms with E-state index in [9.17, 15) is 9.59 Å². The van der Waals surface area contributed by atoms with Gasteiger partial charge in [-0.1, -0.05) is 26.0 Å². The summed E-state index contributed by atoms with van der Waals surface area (Å²) in [7, 11) is 0. The lowest BCUT2D eigenvalue weighted by Crippen LogP contribution is -2.42. The van der Waals surface area contributed by atoms with Crippen molar-refractivity contribution in [3.8, 4) is 0 Å². The van der Waals surface area contributed by atoms with Crippen molar-refractivity contribution in [3.05, 3.63) is 35.4 Å². The summed E-state index contributed by atoms with van der Waals surface area (Å²) in [6, 6.07) is 7.35. The maximum atomic E-state index is 12.7. The summed E-state index contributed by atoms with van der Waals surface area (Å²) in [4.78, 5) is 26.3. The SMILES string of the molecule is CCCN(C(=O)c1ccc(C(=O)CC)cc1)C1CCNC1. The Labute approximate surface area is 126 Å². The Hall–Kier alpha value is -1.68. The number of nitrogens with zero attached hydrogens (tertiary/aromatic N) is 1. The molecule has 1 atom stereocenters. The van der Waals surface area contributed by atoms with Gasteiger partial charge in [0.15, 0.2) is 5.78 Å². The molecule has 1 heterocycles. The maximum absolute atomic E-state index is 12.7. The number of nitrogens with one attached hydrogen (secondary N) is 1. The molecule has 1 unspecified atom stereocenters. The number of ketones is 1. The highest BCUT2D eigenvalue weighted by atomic mass is 16.2. The van der Waals surface area contributed by atoms with Gasteiger partial charge in [0.05, 0.1) is 0 Å². The molecule has 1 aliphatic rings. The number of rotatable bonds is 6. The van der Waals surface area contributed by atoms with Crippen LogP contribution in [0.4, 0.5) is 0 Å². The van der Waals surface area contributed by atoms with E-state index in [1.54, 1.807) is 24.3 Å². The van der Waals surface area contributed by atoms with Crippen LogP contribution in [0.25, 0.3) is 0 Å². The topological polar surface area (TPSA) is 49.4 Å². The molecule has 1 amide bonds. The summed E-state index contributed by atoms with van der Waals surface area (Å²) in [5.74, 6) is 0.181. The minimum Gasteiger partial charge on any atom is -0.334 e.